The van der Waals surface area contributed by atoms with Crippen molar-refractivity contribution >= 4 is 0 Å². The second kappa shape index (κ2) is 3.75. The zero-order chi connectivity index (χ0) is 8.39. The van der Waals surface area contributed by atoms with Gasteiger partial charge in [0.25, 0.3) is 0 Å². The van der Waals surface area contributed by atoms with Gasteiger partial charge in [0.05, 0.1) is 0 Å². The van der Waals surface area contributed by atoms with Crippen LogP contribution in [0.2, 0.25) is 0 Å². The maximum atomic E-state index is 3.47. The summed E-state index contributed by atoms with van der Waals surface area (Å²) >= 11 is 0. The van der Waals surface area contributed by atoms with Crippen molar-refractivity contribution in [2.45, 2.75) is 44.7 Å². The third-order valence-electron chi connectivity index (χ3n) is 3.32. The average molecular weight is 168 g/mol. The standard InChI is InChI=1S/C10H20N2/c1-9(8-10-4-5-11-10)12-6-2-3-7-12/h9-11H,2-8H2,1H3. The Morgan fingerprint density at radius 2 is 2.08 bits per heavy atom. The lowest BCUT2D eigenvalue weighted by Gasteiger charge is -2.33. The first-order chi connectivity index (χ1) is 5.86. The minimum atomic E-state index is 0.810. The van der Waals surface area contributed by atoms with Gasteiger partial charge in [0.15, 0.2) is 0 Å². The fourth-order valence-electron chi connectivity index (χ4n) is 2.29. The largest absolute Gasteiger partial charge is 0.314 e. The van der Waals surface area contributed by atoms with Crippen molar-refractivity contribution in [1.29, 1.82) is 0 Å². The number of hydrogen-bond acceptors (Lipinski definition) is 2. The van der Waals surface area contributed by atoms with Crippen LogP contribution < -0.4 is 5.32 Å². The highest BCUT2D eigenvalue weighted by atomic mass is 15.2. The maximum Gasteiger partial charge on any atom is 0.00939 e. The summed E-state index contributed by atoms with van der Waals surface area (Å²) in [5.74, 6) is 0. The zero-order valence-corrected chi connectivity index (χ0v) is 8.05. The molecule has 2 unspecified atom stereocenters. The molecule has 2 fully saturated rings. The first-order valence-electron chi connectivity index (χ1n) is 5.33. The van der Waals surface area contributed by atoms with Gasteiger partial charge in [-0.25, -0.2) is 0 Å². The summed E-state index contributed by atoms with van der Waals surface area (Å²) in [5, 5.41) is 3.47. The number of nitrogens with zero attached hydrogens (tertiary/aromatic N) is 1. The normalized spacial score (nSPS) is 33.2. The summed E-state index contributed by atoms with van der Waals surface area (Å²) in [6.45, 7) is 6.31. The van der Waals surface area contributed by atoms with Crippen LogP contribution in [0.3, 0.4) is 0 Å². The molecule has 0 spiro atoms. The Morgan fingerprint density at radius 1 is 1.42 bits per heavy atom. The lowest BCUT2D eigenvalue weighted by atomic mass is 9.99. The molecule has 0 aromatic rings. The quantitative estimate of drug-likeness (QED) is 0.681. The molecule has 12 heavy (non-hydrogen) atoms. The molecule has 70 valence electrons. The van der Waals surface area contributed by atoms with Gasteiger partial charge in [-0.15, -0.1) is 0 Å². The molecular formula is C10H20N2. The van der Waals surface area contributed by atoms with Crippen LogP contribution in [0.15, 0.2) is 0 Å². The lowest BCUT2D eigenvalue weighted by molar-refractivity contribution is 0.205. The van der Waals surface area contributed by atoms with Gasteiger partial charge in [-0.05, 0) is 52.2 Å². The summed E-state index contributed by atoms with van der Waals surface area (Å²) in [6, 6.07) is 1.64. The average Bonchev–Trinajstić information content (AvgIpc) is 2.47. The second-order valence-electron chi connectivity index (χ2n) is 4.27. The van der Waals surface area contributed by atoms with Crippen molar-refractivity contribution in [3.63, 3.8) is 0 Å². The van der Waals surface area contributed by atoms with Crippen molar-refractivity contribution in [3.8, 4) is 0 Å². The molecule has 2 saturated heterocycles. The molecule has 2 aliphatic heterocycles. The van der Waals surface area contributed by atoms with Gasteiger partial charge in [-0.2, -0.15) is 0 Å². The van der Waals surface area contributed by atoms with Crippen LogP contribution in [0.1, 0.15) is 32.6 Å². The highest BCUT2D eigenvalue weighted by molar-refractivity contribution is 4.83. The molecular weight excluding hydrogens is 148 g/mol. The molecule has 0 aromatic heterocycles. The maximum absolute atomic E-state index is 3.47. The van der Waals surface area contributed by atoms with Gasteiger partial charge >= 0.3 is 0 Å². The van der Waals surface area contributed by atoms with Gasteiger partial charge < -0.3 is 10.2 Å². The highest BCUT2D eigenvalue weighted by Gasteiger charge is 2.24. The molecule has 0 aromatic carbocycles. The van der Waals surface area contributed by atoms with Crippen LogP contribution in [0, 0.1) is 0 Å². The molecule has 2 heteroatoms. The van der Waals surface area contributed by atoms with E-state index in [-0.39, 0.29) is 0 Å². The summed E-state index contributed by atoms with van der Waals surface area (Å²) in [6.07, 6.45) is 5.60. The molecule has 0 bridgehead atoms. The molecule has 2 heterocycles. The van der Waals surface area contributed by atoms with Gasteiger partial charge in [0.1, 0.15) is 0 Å². The van der Waals surface area contributed by atoms with Crippen LogP contribution >= 0.6 is 0 Å². The Kier molecular flexibility index (Phi) is 2.66. The molecule has 2 nitrogen and oxygen atoms in total. The van der Waals surface area contributed by atoms with E-state index in [0.717, 1.165) is 12.1 Å². The van der Waals surface area contributed by atoms with E-state index in [9.17, 15) is 0 Å². The topological polar surface area (TPSA) is 15.3 Å². The smallest absolute Gasteiger partial charge is 0.00939 e. The van der Waals surface area contributed by atoms with Crippen LogP contribution in [-0.2, 0) is 0 Å². The number of nitrogens with one attached hydrogen (secondary N) is 1. The first kappa shape index (κ1) is 8.52. The predicted molar refractivity (Wildman–Crippen MR) is 51.3 cm³/mol. The Labute approximate surface area is 75.3 Å². The minimum absolute atomic E-state index is 0.810. The van der Waals surface area contributed by atoms with E-state index in [1.54, 1.807) is 0 Å². The summed E-state index contributed by atoms with van der Waals surface area (Å²) in [7, 11) is 0. The molecule has 1 N–H and O–H groups in total. The van der Waals surface area contributed by atoms with Gasteiger partial charge in [0, 0.05) is 12.1 Å². The summed E-state index contributed by atoms with van der Waals surface area (Å²) < 4.78 is 0. The van der Waals surface area contributed by atoms with E-state index in [0.29, 0.717) is 0 Å². The van der Waals surface area contributed by atoms with Crippen LogP contribution in [-0.4, -0.2) is 36.6 Å². The summed E-state index contributed by atoms with van der Waals surface area (Å²) in [4.78, 5) is 2.64. The Hall–Kier alpha value is -0.0800. The molecule has 0 saturated carbocycles. The van der Waals surface area contributed by atoms with Crippen molar-refractivity contribution < 1.29 is 0 Å². The molecule has 0 radical (unpaired) electrons. The van der Waals surface area contributed by atoms with E-state index in [4.69, 9.17) is 0 Å². The van der Waals surface area contributed by atoms with Crippen LogP contribution in [0.5, 0.6) is 0 Å². The van der Waals surface area contributed by atoms with Crippen molar-refractivity contribution in [2.75, 3.05) is 19.6 Å². The predicted octanol–water partition coefficient (Wildman–Crippen LogP) is 1.22. The van der Waals surface area contributed by atoms with Crippen LogP contribution in [0.4, 0.5) is 0 Å². The fraction of sp³-hybridized carbons (Fsp3) is 1.00. The van der Waals surface area contributed by atoms with E-state index in [1.807, 2.05) is 0 Å². The number of rotatable bonds is 3. The third-order valence-corrected chi connectivity index (χ3v) is 3.32. The second-order valence-corrected chi connectivity index (χ2v) is 4.27. The molecule has 0 aliphatic carbocycles. The Balaban J connectivity index is 1.71. The lowest BCUT2D eigenvalue weighted by Crippen LogP contribution is -2.47. The highest BCUT2D eigenvalue weighted by Crippen LogP contribution is 2.17. The van der Waals surface area contributed by atoms with E-state index in [1.165, 1.54) is 45.3 Å². The monoisotopic (exact) mass is 168 g/mol. The minimum Gasteiger partial charge on any atom is -0.314 e. The number of likely N-dealkylation sites (tertiary alicyclic amines) is 1. The molecule has 2 atom stereocenters. The van der Waals surface area contributed by atoms with Gasteiger partial charge in [-0.3, -0.25) is 0 Å². The Bertz CT molecular complexity index is 137. The zero-order valence-electron chi connectivity index (χ0n) is 8.05. The van der Waals surface area contributed by atoms with Crippen LogP contribution in [0.25, 0.3) is 0 Å². The first-order valence-corrected chi connectivity index (χ1v) is 5.33. The summed E-state index contributed by atoms with van der Waals surface area (Å²) in [5.41, 5.74) is 0. The van der Waals surface area contributed by atoms with Crippen molar-refractivity contribution in [3.05, 3.63) is 0 Å². The van der Waals surface area contributed by atoms with E-state index in [2.05, 4.69) is 17.1 Å². The van der Waals surface area contributed by atoms with E-state index >= 15 is 0 Å². The Morgan fingerprint density at radius 3 is 2.58 bits per heavy atom. The molecule has 0 amide bonds. The molecule has 2 rings (SSSR count). The van der Waals surface area contributed by atoms with E-state index < -0.39 is 0 Å². The van der Waals surface area contributed by atoms with Crippen molar-refractivity contribution in [1.82, 2.24) is 10.2 Å². The molecule has 2 aliphatic rings. The fourth-order valence-corrected chi connectivity index (χ4v) is 2.29. The van der Waals surface area contributed by atoms with Gasteiger partial charge in [0.2, 0.25) is 0 Å². The SMILES string of the molecule is CC(CC1CCN1)N1CCCC1. The third kappa shape index (κ3) is 1.80. The van der Waals surface area contributed by atoms with Crippen molar-refractivity contribution in [2.24, 2.45) is 0 Å². The van der Waals surface area contributed by atoms with Gasteiger partial charge in [-0.1, -0.05) is 0 Å². The number of hydrogen-bond donors (Lipinski definition) is 1.